The second kappa shape index (κ2) is 9.56. The van der Waals surface area contributed by atoms with E-state index in [1.54, 1.807) is 25.1 Å². The number of alkyl halides is 1. The van der Waals surface area contributed by atoms with Crippen molar-refractivity contribution in [1.82, 2.24) is 14.0 Å². The van der Waals surface area contributed by atoms with E-state index in [4.69, 9.17) is 5.73 Å². The quantitative estimate of drug-likeness (QED) is 0.314. The molecule has 3 aromatic heterocycles. The lowest BCUT2D eigenvalue weighted by molar-refractivity contribution is -0.120. The van der Waals surface area contributed by atoms with E-state index in [0.29, 0.717) is 34.3 Å². The summed E-state index contributed by atoms with van der Waals surface area (Å²) in [4.78, 5) is 42.1. The van der Waals surface area contributed by atoms with E-state index in [9.17, 15) is 23.9 Å². The number of H-pyrrole nitrogens is 1. The fourth-order valence-corrected chi connectivity index (χ4v) is 6.08. The normalized spacial score (nSPS) is 18.8. The third kappa shape index (κ3) is 3.86. The predicted molar refractivity (Wildman–Crippen MR) is 146 cm³/mol. The van der Waals surface area contributed by atoms with Gasteiger partial charge in [0, 0.05) is 41.4 Å². The first-order valence-corrected chi connectivity index (χ1v) is 12.9. The molecule has 204 valence electrons. The minimum atomic E-state index is -1.49. The lowest BCUT2D eigenvalue weighted by Crippen LogP contribution is -2.37. The van der Waals surface area contributed by atoms with E-state index in [2.05, 4.69) is 4.98 Å². The van der Waals surface area contributed by atoms with Crippen molar-refractivity contribution in [3.8, 4) is 5.69 Å². The van der Waals surface area contributed by atoms with Crippen molar-refractivity contribution < 1.29 is 18.7 Å². The van der Waals surface area contributed by atoms with Crippen LogP contribution in [0.25, 0.3) is 22.1 Å². The number of carbonyl (C=O) groups is 1. The van der Waals surface area contributed by atoms with Gasteiger partial charge in [-0.15, -0.1) is 0 Å². The molecule has 3 atom stereocenters. The van der Waals surface area contributed by atoms with E-state index in [1.807, 2.05) is 18.2 Å². The molecule has 40 heavy (non-hydrogen) atoms. The van der Waals surface area contributed by atoms with Crippen LogP contribution in [-0.4, -0.2) is 37.7 Å². The average Bonchev–Trinajstić information content (AvgIpc) is 3.29. The molecule has 8 nitrogen and oxygen atoms in total. The maximum atomic E-state index is 16.1. The maximum Gasteiger partial charge on any atom is 0.340 e. The average molecular weight is 545 g/mol. The number of hydrogen-bond donors (Lipinski definition) is 3. The van der Waals surface area contributed by atoms with Gasteiger partial charge in [0.05, 0.1) is 17.1 Å². The number of nitrogens with zero attached hydrogens (tertiary/aromatic N) is 2. The largest absolute Gasteiger partial charge is 0.396 e. The molecule has 0 spiro atoms. The molecule has 0 saturated carbocycles. The summed E-state index contributed by atoms with van der Waals surface area (Å²) in [6.07, 6.45) is 0.195. The molecule has 3 unspecified atom stereocenters. The maximum absolute atomic E-state index is 16.1. The van der Waals surface area contributed by atoms with Gasteiger partial charge in [0.1, 0.15) is 12.0 Å². The zero-order valence-corrected chi connectivity index (χ0v) is 21.5. The van der Waals surface area contributed by atoms with Crippen molar-refractivity contribution in [2.75, 3.05) is 6.61 Å². The number of benzene rings is 2. The van der Waals surface area contributed by atoms with Crippen molar-refractivity contribution in [3.63, 3.8) is 0 Å². The molecule has 0 aliphatic heterocycles. The molecule has 10 heteroatoms. The Morgan fingerprint density at radius 1 is 1.15 bits per heavy atom. The number of aliphatic hydroxyl groups excluding tert-OH is 1. The van der Waals surface area contributed by atoms with E-state index in [0.717, 1.165) is 26.0 Å². The fourth-order valence-electron chi connectivity index (χ4n) is 6.08. The highest BCUT2D eigenvalue weighted by Crippen LogP contribution is 2.48. The van der Waals surface area contributed by atoms with Gasteiger partial charge in [-0.05, 0) is 66.3 Å². The summed E-state index contributed by atoms with van der Waals surface area (Å²) < 4.78 is 32.4. The van der Waals surface area contributed by atoms with Crippen LogP contribution in [-0.2, 0) is 11.2 Å². The minimum absolute atomic E-state index is 0.0300. The molecule has 5 aromatic rings. The zero-order chi connectivity index (χ0) is 28.3. The van der Waals surface area contributed by atoms with Gasteiger partial charge in [-0.2, -0.15) is 0 Å². The number of primary amides is 1. The number of aliphatic hydroxyl groups is 1. The Morgan fingerprint density at radius 2 is 1.95 bits per heavy atom. The number of amides is 1. The summed E-state index contributed by atoms with van der Waals surface area (Å²) in [5.74, 6) is -3.02. The first kappa shape index (κ1) is 25.7. The predicted octanol–water partition coefficient (Wildman–Crippen LogP) is 3.36. The highest BCUT2D eigenvalue weighted by molar-refractivity contribution is 5.91. The Bertz CT molecular complexity index is 1940. The topological polar surface area (TPSA) is 123 Å². The van der Waals surface area contributed by atoms with Gasteiger partial charge in [0.15, 0.2) is 0 Å². The Hall–Kier alpha value is -4.57. The summed E-state index contributed by atoms with van der Waals surface area (Å²) in [6.45, 7) is 1.68. The number of carbonyl (C=O) groups excluding carboxylic acids is 1. The molecule has 1 aliphatic carbocycles. The lowest BCUT2D eigenvalue weighted by Gasteiger charge is -2.32. The first-order valence-electron chi connectivity index (χ1n) is 12.9. The second-order valence-corrected chi connectivity index (χ2v) is 10.2. The fraction of sp³-hybridized carbons (Fsp3) is 0.233. The van der Waals surface area contributed by atoms with Gasteiger partial charge >= 0.3 is 5.69 Å². The van der Waals surface area contributed by atoms with Crippen LogP contribution < -0.4 is 17.0 Å². The molecule has 0 saturated heterocycles. The number of hydrogen-bond acceptors (Lipinski definition) is 4. The van der Waals surface area contributed by atoms with E-state index in [1.165, 1.54) is 18.3 Å². The van der Waals surface area contributed by atoms with Crippen molar-refractivity contribution in [1.29, 1.82) is 0 Å². The first-order chi connectivity index (χ1) is 19.2. The van der Waals surface area contributed by atoms with Crippen molar-refractivity contribution in [3.05, 3.63) is 115 Å². The molecule has 4 N–H and O–H groups in total. The van der Waals surface area contributed by atoms with Crippen molar-refractivity contribution in [2.24, 2.45) is 5.73 Å². The van der Waals surface area contributed by atoms with Gasteiger partial charge in [-0.3, -0.25) is 14.0 Å². The van der Waals surface area contributed by atoms with Gasteiger partial charge in [-0.25, -0.2) is 18.1 Å². The van der Waals surface area contributed by atoms with Crippen LogP contribution in [0.4, 0.5) is 8.78 Å². The SMILES string of the molecule is Cc1c(C2c3c([nH]c4cc(CCO)ccc34)C(C(N)=O)CC2F)cccc1-n1c(=O)cc2c(F)cccn2c1=O. The smallest absolute Gasteiger partial charge is 0.340 e. The third-order valence-electron chi connectivity index (χ3n) is 7.94. The Balaban J connectivity index is 1.58. The lowest BCUT2D eigenvalue weighted by atomic mass is 9.73. The summed E-state index contributed by atoms with van der Waals surface area (Å²) in [5, 5.41) is 10.1. The van der Waals surface area contributed by atoms with Gasteiger partial charge in [0.25, 0.3) is 5.56 Å². The standard InChI is InChI=1S/C30H26F2N4O4/c1-15-17(4-2-6-23(15)36-25(38)14-24-20(31)5-3-10-35(24)30(36)40)26-21(32)13-19(29(33)39)28-27(26)18-8-7-16(9-11-37)12-22(18)34-28/h2-8,10,12,14,19,21,26,34,37H,9,11,13H2,1H3,(H2,33,39). The van der Waals surface area contributed by atoms with E-state index in [-0.39, 0.29) is 24.2 Å². The van der Waals surface area contributed by atoms with Crippen LogP contribution in [0, 0.1) is 12.7 Å². The van der Waals surface area contributed by atoms with Gasteiger partial charge in [-0.1, -0.05) is 24.3 Å². The highest BCUT2D eigenvalue weighted by atomic mass is 19.1. The van der Waals surface area contributed by atoms with Crippen LogP contribution in [0.1, 0.15) is 46.2 Å². The van der Waals surface area contributed by atoms with Gasteiger partial charge < -0.3 is 15.8 Å². The number of nitrogens with one attached hydrogen (secondary N) is 1. The summed E-state index contributed by atoms with van der Waals surface area (Å²) in [6, 6.07) is 14.1. The summed E-state index contributed by atoms with van der Waals surface area (Å²) in [7, 11) is 0. The molecule has 6 rings (SSSR count). The summed E-state index contributed by atoms with van der Waals surface area (Å²) in [5.41, 5.74) is 8.09. The van der Waals surface area contributed by atoms with Crippen molar-refractivity contribution in [2.45, 2.75) is 37.8 Å². The molecular weight excluding hydrogens is 518 g/mol. The number of aromatic nitrogens is 3. The van der Waals surface area contributed by atoms with Crippen LogP contribution >= 0.6 is 0 Å². The van der Waals surface area contributed by atoms with Gasteiger partial charge in [0.2, 0.25) is 5.91 Å². The Labute approximate surface area is 226 Å². The Kier molecular flexibility index (Phi) is 6.14. The number of fused-ring (bicyclic) bond motifs is 4. The summed E-state index contributed by atoms with van der Waals surface area (Å²) >= 11 is 0. The molecule has 3 heterocycles. The molecule has 0 bridgehead atoms. The van der Waals surface area contributed by atoms with Crippen LogP contribution in [0.5, 0.6) is 0 Å². The van der Waals surface area contributed by atoms with Crippen LogP contribution in [0.15, 0.2) is 70.4 Å². The monoisotopic (exact) mass is 544 g/mol. The minimum Gasteiger partial charge on any atom is -0.396 e. The number of aromatic amines is 1. The second-order valence-electron chi connectivity index (χ2n) is 10.2. The molecular formula is C30H26F2N4O4. The Morgan fingerprint density at radius 3 is 2.70 bits per heavy atom. The number of nitrogens with two attached hydrogens (primary N) is 1. The number of halogens is 2. The molecule has 1 aliphatic rings. The molecule has 0 radical (unpaired) electrons. The van der Waals surface area contributed by atoms with E-state index >= 15 is 4.39 Å². The number of pyridine rings is 1. The number of rotatable bonds is 5. The third-order valence-corrected chi connectivity index (χ3v) is 7.94. The molecule has 2 aromatic carbocycles. The van der Waals surface area contributed by atoms with Crippen LogP contribution in [0.2, 0.25) is 0 Å². The van der Waals surface area contributed by atoms with E-state index < -0.39 is 41.0 Å². The highest BCUT2D eigenvalue weighted by Gasteiger charge is 2.41. The van der Waals surface area contributed by atoms with Crippen molar-refractivity contribution >= 4 is 22.3 Å². The zero-order valence-electron chi connectivity index (χ0n) is 21.5. The molecule has 1 amide bonds. The molecule has 0 fully saturated rings. The van der Waals surface area contributed by atoms with Crippen LogP contribution in [0.3, 0.4) is 0 Å².